The summed E-state index contributed by atoms with van der Waals surface area (Å²) in [6.45, 7) is 3.52. The highest BCUT2D eigenvalue weighted by Gasteiger charge is 2.16. The molecule has 0 bridgehead atoms. The van der Waals surface area contributed by atoms with Crippen molar-refractivity contribution in [3.8, 4) is 0 Å². The van der Waals surface area contributed by atoms with Crippen molar-refractivity contribution in [2.24, 2.45) is 0 Å². The van der Waals surface area contributed by atoms with Crippen molar-refractivity contribution in [3.63, 3.8) is 0 Å². The van der Waals surface area contributed by atoms with E-state index in [4.69, 9.17) is 4.52 Å². The molecule has 0 saturated heterocycles. The number of carbonyl (C=O) groups is 1. The van der Waals surface area contributed by atoms with Crippen molar-refractivity contribution in [2.45, 2.75) is 24.8 Å². The molecule has 1 atom stereocenters. The van der Waals surface area contributed by atoms with Crippen molar-refractivity contribution in [2.75, 3.05) is 11.6 Å². The lowest BCUT2D eigenvalue weighted by atomic mass is 10.3. The molecule has 0 radical (unpaired) electrons. The number of amides is 2. The molecule has 1 heterocycles. The first-order valence-electron chi connectivity index (χ1n) is 6.11. The number of rotatable bonds is 4. The number of hydrogen-bond acceptors (Lipinski definition) is 5. The largest absolute Gasteiger partial charge is 0.337 e. The Morgan fingerprint density at radius 1 is 1.40 bits per heavy atom. The van der Waals surface area contributed by atoms with E-state index in [0.29, 0.717) is 11.7 Å². The van der Waals surface area contributed by atoms with Gasteiger partial charge in [0.15, 0.2) is 5.82 Å². The Balaban J connectivity index is 1.98. The highest BCUT2D eigenvalue weighted by molar-refractivity contribution is 7.98. The summed E-state index contributed by atoms with van der Waals surface area (Å²) >= 11 is 1.57. The van der Waals surface area contributed by atoms with Gasteiger partial charge in [0.25, 0.3) is 0 Å². The Morgan fingerprint density at radius 3 is 2.80 bits per heavy atom. The zero-order valence-electron chi connectivity index (χ0n) is 11.5. The molecule has 2 rings (SSSR count). The van der Waals surface area contributed by atoms with Crippen LogP contribution in [0.5, 0.6) is 0 Å². The predicted octanol–water partition coefficient (Wildman–Crippen LogP) is 2.98. The SMILES string of the molecule is CSc1ccccc1NC(=O)N[C@@H](C)c1nc(C)no1. The summed E-state index contributed by atoms with van der Waals surface area (Å²) in [5, 5.41) is 9.26. The lowest BCUT2D eigenvalue weighted by Crippen LogP contribution is -2.31. The third-order valence-electron chi connectivity index (χ3n) is 2.62. The third kappa shape index (κ3) is 3.51. The maximum atomic E-state index is 11.9. The number of para-hydroxylation sites is 1. The van der Waals surface area contributed by atoms with Gasteiger partial charge < -0.3 is 15.2 Å². The van der Waals surface area contributed by atoms with Gasteiger partial charge in [-0.1, -0.05) is 17.3 Å². The molecule has 0 aliphatic rings. The van der Waals surface area contributed by atoms with E-state index in [1.54, 1.807) is 25.6 Å². The lowest BCUT2D eigenvalue weighted by Gasteiger charge is -2.13. The van der Waals surface area contributed by atoms with Crippen molar-refractivity contribution >= 4 is 23.5 Å². The molecular weight excluding hydrogens is 276 g/mol. The van der Waals surface area contributed by atoms with Gasteiger partial charge in [0, 0.05) is 4.90 Å². The van der Waals surface area contributed by atoms with Crippen LogP contribution in [0, 0.1) is 6.92 Å². The molecule has 0 aliphatic heterocycles. The summed E-state index contributed by atoms with van der Waals surface area (Å²) in [7, 11) is 0. The molecule has 0 saturated carbocycles. The lowest BCUT2D eigenvalue weighted by molar-refractivity contribution is 0.245. The molecular formula is C13H16N4O2S. The number of anilines is 1. The van der Waals surface area contributed by atoms with E-state index in [1.165, 1.54) is 0 Å². The molecule has 106 valence electrons. The first-order valence-corrected chi connectivity index (χ1v) is 7.33. The average Bonchev–Trinajstić information content (AvgIpc) is 2.86. The average molecular weight is 292 g/mol. The van der Waals surface area contributed by atoms with Gasteiger partial charge in [0.2, 0.25) is 5.89 Å². The minimum Gasteiger partial charge on any atom is -0.337 e. The van der Waals surface area contributed by atoms with Crippen LogP contribution in [0.2, 0.25) is 0 Å². The molecule has 2 N–H and O–H groups in total. The quantitative estimate of drug-likeness (QED) is 0.847. The maximum absolute atomic E-state index is 11.9. The van der Waals surface area contributed by atoms with Gasteiger partial charge in [-0.3, -0.25) is 0 Å². The number of carbonyl (C=O) groups excluding carboxylic acids is 1. The normalized spacial score (nSPS) is 11.9. The summed E-state index contributed by atoms with van der Waals surface area (Å²) in [6, 6.07) is 6.95. The van der Waals surface area contributed by atoms with Crippen LogP contribution in [0.4, 0.5) is 10.5 Å². The smallest absolute Gasteiger partial charge is 0.319 e. The second kappa shape index (κ2) is 6.42. The van der Waals surface area contributed by atoms with Gasteiger partial charge in [0.05, 0.1) is 5.69 Å². The Kier molecular flexibility index (Phi) is 4.62. The monoisotopic (exact) mass is 292 g/mol. The first-order chi connectivity index (χ1) is 9.60. The topological polar surface area (TPSA) is 80.0 Å². The van der Waals surface area contributed by atoms with Crippen LogP contribution in [0.15, 0.2) is 33.7 Å². The molecule has 7 heteroatoms. The Morgan fingerprint density at radius 2 is 2.15 bits per heavy atom. The van der Waals surface area contributed by atoms with E-state index < -0.39 is 0 Å². The van der Waals surface area contributed by atoms with E-state index in [1.807, 2.05) is 30.5 Å². The zero-order valence-corrected chi connectivity index (χ0v) is 12.3. The van der Waals surface area contributed by atoms with Gasteiger partial charge in [-0.25, -0.2) is 4.79 Å². The van der Waals surface area contributed by atoms with E-state index in [2.05, 4.69) is 20.8 Å². The highest BCUT2D eigenvalue weighted by Crippen LogP contribution is 2.24. The molecule has 1 aromatic carbocycles. The number of thioether (sulfide) groups is 1. The number of nitrogens with zero attached hydrogens (tertiary/aromatic N) is 2. The van der Waals surface area contributed by atoms with Crippen LogP contribution in [0.1, 0.15) is 24.7 Å². The summed E-state index contributed by atoms with van der Waals surface area (Å²) in [6.07, 6.45) is 1.96. The molecule has 2 aromatic rings. The molecule has 1 aromatic heterocycles. The fourth-order valence-corrected chi connectivity index (χ4v) is 2.21. The number of hydrogen-bond donors (Lipinski definition) is 2. The Hall–Kier alpha value is -2.02. The van der Waals surface area contributed by atoms with Crippen molar-refractivity contribution in [3.05, 3.63) is 36.0 Å². The molecule has 6 nitrogen and oxygen atoms in total. The van der Waals surface area contributed by atoms with E-state index in [0.717, 1.165) is 10.6 Å². The van der Waals surface area contributed by atoms with Crippen molar-refractivity contribution in [1.29, 1.82) is 0 Å². The van der Waals surface area contributed by atoms with Crippen LogP contribution >= 0.6 is 11.8 Å². The van der Waals surface area contributed by atoms with Crippen LogP contribution in [0.3, 0.4) is 0 Å². The summed E-state index contributed by atoms with van der Waals surface area (Å²) < 4.78 is 5.01. The Bertz CT molecular complexity index is 600. The van der Waals surface area contributed by atoms with Gasteiger partial charge in [0.1, 0.15) is 6.04 Å². The Labute approximate surface area is 121 Å². The minimum atomic E-state index is -0.349. The van der Waals surface area contributed by atoms with Gasteiger partial charge in [-0.15, -0.1) is 11.8 Å². The summed E-state index contributed by atoms with van der Waals surface area (Å²) in [4.78, 5) is 17.0. The number of aryl methyl sites for hydroxylation is 1. The summed E-state index contributed by atoms with van der Waals surface area (Å²) in [5.74, 6) is 0.928. The van der Waals surface area contributed by atoms with Gasteiger partial charge in [-0.2, -0.15) is 4.98 Å². The molecule has 2 amide bonds. The number of benzene rings is 1. The van der Waals surface area contributed by atoms with Crippen LogP contribution in [-0.4, -0.2) is 22.4 Å². The van der Waals surface area contributed by atoms with Crippen LogP contribution < -0.4 is 10.6 Å². The fraction of sp³-hybridized carbons (Fsp3) is 0.308. The highest BCUT2D eigenvalue weighted by atomic mass is 32.2. The van der Waals surface area contributed by atoms with Crippen molar-refractivity contribution in [1.82, 2.24) is 15.5 Å². The minimum absolute atomic E-state index is 0.310. The number of urea groups is 1. The first kappa shape index (κ1) is 14.4. The maximum Gasteiger partial charge on any atom is 0.319 e. The van der Waals surface area contributed by atoms with Gasteiger partial charge in [-0.05, 0) is 32.2 Å². The predicted molar refractivity (Wildman–Crippen MR) is 77.8 cm³/mol. The van der Waals surface area contributed by atoms with Gasteiger partial charge >= 0.3 is 6.03 Å². The van der Waals surface area contributed by atoms with Crippen LogP contribution in [-0.2, 0) is 0 Å². The second-order valence-corrected chi connectivity index (χ2v) is 5.05. The van der Waals surface area contributed by atoms with Crippen molar-refractivity contribution < 1.29 is 9.32 Å². The number of aromatic nitrogens is 2. The molecule has 0 spiro atoms. The molecule has 0 fully saturated rings. The van der Waals surface area contributed by atoms with E-state index in [9.17, 15) is 4.79 Å². The third-order valence-corrected chi connectivity index (χ3v) is 3.41. The molecule has 0 unspecified atom stereocenters. The second-order valence-electron chi connectivity index (χ2n) is 4.20. The van der Waals surface area contributed by atoms with E-state index in [-0.39, 0.29) is 12.1 Å². The van der Waals surface area contributed by atoms with E-state index >= 15 is 0 Å². The summed E-state index contributed by atoms with van der Waals surface area (Å²) in [5.41, 5.74) is 0.770. The molecule has 0 aliphatic carbocycles. The number of nitrogens with one attached hydrogen (secondary N) is 2. The standard InChI is InChI=1S/C13H16N4O2S/c1-8(12-15-9(2)17-19-12)14-13(18)16-10-6-4-5-7-11(10)20-3/h4-8H,1-3H3,(H2,14,16,18)/t8-/m0/s1. The van der Waals surface area contributed by atoms with Crippen LogP contribution in [0.25, 0.3) is 0 Å². The fourth-order valence-electron chi connectivity index (χ4n) is 1.65. The molecule has 20 heavy (non-hydrogen) atoms. The zero-order chi connectivity index (χ0) is 14.5.